The number of carbonyl (C=O) groups excluding carboxylic acids is 1. The van der Waals surface area contributed by atoms with Crippen molar-refractivity contribution in [2.45, 2.75) is 26.3 Å². The number of hydrogen-bond donors (Lipinski definition) is 1. The second kappa shape index (κ2) is 7.08. The maximum atomic E-state index is 12.7. The van der Waals surface area contributed by atoms with Crippen molar-refractivity contribution in [2.24, 2.45) is 0 Å². The van der Waals surface area contributed by atoms with E-state index in [0.717, 1.165) is 41.4 Å². The monoisotopic (exact) mass is 306 g/mol. The SMILES string of the molecule is Cc1cc(C(=O)N2CCCN(C)CC2C)sc1C#CCO. The van der Waals surface area contributed by atoms with Crippen molar-refractivity contribution in [3.63, 3.8) is 0 Å². The zero-order valence-electron chi connectivity index (χ0n) is 12.8. The summed E-state index contributed by atoms with van der Waals surface area (Å²) in [6.07, 6.45) is 1.01. The van der Waals surface area contributed by atoms with E-state index in [1.54, 1.807) is 0 Å². The van der Waals surface area contributed by atoms with Gasteiger partial charge in [0, 0.05) is 19.1 Å². The summed E-state index contributed by atoms with van der Waals surface area (Å²) in [5.74, 6) is 5.66. The number of hydrogen-bond acceptors (Lipinski definition) is 4. The Morgan fingerprint density at radius 1 is 1.52 bits per heavy atom. The Labute approximate surface area is 130 Å². The first-order valence-corrected chi connectivity index (χ1v) is 8.04. The Morgan fingerprint density at radius 2 is 2.29 bits per heavy atom. The molecule has 114 valence electrons. The zero-order valence-corrected chi connectivity index (χ0v) is 13.7. The van der Waals surface area contributed by atoms with E-state index in [1.807, 2.05) is 17.9 Å². The first-order valence-electron chi connectivity index (χ1n) is 7.22. The predicted molar refractivity (Wildman–Crippen MR) is 85.6 cm³/mol. The van der Waals surface area contributed by atoms with Crippen LogP contribution in [0.25, 0.3) is 0 Å². The van der Waals surface area contributed by atoms with E-state index < -0.39 is 0 Å². The van der Waals surface area contributed by atoms with Crippen molar-refractivity contribution in [1.29, 1.82) is 0 Å². The minimum Gasteiger partial charge on any atom is -0.384 e. The Kier molecular flexibility index (Phi) is 5.40. The van der Waals surface area contributed by atoms with Gasteiger partial charge >= 0.3 is 0 Å². The molecule has 0 saturated carbocycles. The summed E-state index contributed by atoms with van der Waals surface area (Å²) in [5.41, 5.74) is 1.00. The smallest absolute Gasteiger partial charge is 0.264 e. The molecule has 0 spiro atoms. The van der Waals surface area contributed by atoms with E-state index in [2.05, 4.69) is 30.7 Å². The van der Waals surface area contributed by atoms with Crippen molar-refractivity contribution in [1.82, 2.24) is 9.80 Å². The highest BCUT2D eigenvalue weighted by Crippen LogP contribution is 2.24. The molecule has 1 unspecified atom stereocenters. The van der Waals surface area contributed by atoms with Crippen LogP contribution in [0, 0.1) is 18.8 Å². The molecular formula is C16H22N2O2S. The van der Waals surface area contributed by atoms with Crippen molar-refractivity contribution >= 4 is 17.2 Å². The molecule has 5 heteroatoms. The normalized spacial score (nSPS) is 19.8. The highest BCUT2D eigenvalue weighted by Gasteiger charge is 2.26. The van der Waals surface area contributed by atoms with Crippen molar-refractivity contribution < 1.29 is 9.90 Å². The second-order valence-corrected chi connectivity index (χ2v) is 6.60. The van der Waals surface area contributed by atoms with Gasteiger partial charge in [-0.2, -0.15) is 0 Å². The lowest BCUT2D eigenvalue weighted by atomic mass is 10.2. The summed E-state index contributed by atoms with van der Waals surface area (Å²) >= 11 is 1.42. The molecule has 4 nitrogen and oxygen atoms in total. The molecule has 1 aromatic heterocycles. The molecule has 2 heterocycles. The van der Waals surface area contributed by atoms with Gasteiger partial charge in [-0.05, 0) is 45.5 Å². The number of carbonyl (C=O) groups is 1. The van der Waals surface area contributed by atoms with E-state index >= 15 is 0 Å². The lowest BCUT2D eigenvalue weighted by molar-refractivity contribution is 0.0701. The van der Waals surface area contributed by atoms with Crippen molar-refractivity contribution in [3.8, 4) is 11.8 Å². The lowest BCUT2D eigenvalue weighted by Gasteiger charge is -2.27. The van der Waals surface area contributed by atoms with Crippen molar-refractivity contribution in [3.05, 3.63) is 21.4 Å². The maximum absolute atomic E-state index is 12.7. The minimum atomic E-state index is -0.157. The Hall–Kier alpha value is -1.35. The number of likely N-dealkylation sites (N-methyl/N-ethyl adjacent to an activating group) is 1. The molecule has 1 fully saturated rings. The quantitative estimate of drug-likeness (QED) is 0.801. The lowest BCUT2D eigenvalue weighted by Crippen LogP contribution is -2.41. The van der Waals surface area contributed by atoms with Crippen LogP contribution in [0.1, 0.15) is 33.5 Å². The average molecular weight is 306 g/mol. The third-order valence-corrected chi connectivity index (χ3v) is 4.86. The highest BCUT2D eigenvalue weighted by molar-refractivity contribution is 7.14. The van der Waals surface area contributed by atoms with Crippen LogP contribution in [-0.2, 0) is 0 Å². The van der Waals surface area contributed by atoms with Gasteiger partial charge in [0.1, 0.15) is 6.61 Å². The molecule has 1 amide bonds. The van der Waals surface area contributed by atoms with Gasteiger partial charge in [-0.15, -0.1) is 11.3 Å². The van der Waals surface area contributed by atoms with Gasteiger partial charge in [0.15, 0.2) is 0 Å². The van der Waals surface area contributed by atoms with Crippen LogP contribution in [-0.4, -0.2) is 60.1 Å². The fourth-order valence-electron chi connectivity index (χ4n) is 2.65. The third kappa shape index (κ3) is 3.85. The Bertz CT molecular complexity index is 571. The maximum Gasteiger partial charge on any atom is 0.264 e. The average Bonchev–Trinajstić information content (AvgIpc) is 2.72. The van der Waals surface area contributed by atoms with Gasteiger partial charge in [-0.1, -0.05) is 11.8 Å². The Balaban J connectivity index is 2.19. The van der Waals surface area contributed by atoms with Gasteiger partial charge in [0.25, 0.3) is 5.91 Å². The number of aryl methyl sites for hydroxylation is 1. The molecule has 1 N–H and O–H groups in total. The molecule has 1 aliphatic heterocycles. The van der Waals surface area contributed by atoms with E-state index in [-0.39, 0.29) is 18.6 Å². The number of amides is 1. The molecular weight excluding hydrogens is 284 g/mol. The summed E-state index contributed by atoms with van der Waals surface area (Å²) in [6, 6.07) is 2.13. The Morgan fingerprint density at radius 3 is 3.00 bits per heavy atom. The van der Waals surface area contributed by atoms with Gasteiger partial charge < -0.3 is 14.9 Å². The number of rotatable bonds is 1. The molecule has 1 atom stereocenters. The topological polar surface area (TPSA) is 43.8 Å². The van der Waals surface area contributed by atoms with Gasteiger partial charge in [-0.25, -0.2) is 0 Å². The van der Waals surface area contributed by atoms with Crippen LogP contribution >= 0.6 is 11.3 Å². The fourth-order valence-corrected chi connectivity index (χ4v) is 3.65. The van der Waals surface area contributed by atoms with Crippen LogP contribution in [0.2, 0.25) is 0 Å². The van der Waals surface area contributed by atoms with E-state index in [9.17, 15) is 4.79 Å². The highest BCUT2D eigenvalue weighted by atomic mass is 32.1. The van der Waals surface area contributed by atoms with Crippen molar-refractivity contribution in [2.75, 3.05) is 33.3 Å². The van der Waals surface area contributed by atoms with Crippen LogP contribution < -0.4 is 0 Å². The summed E-state index contributed by atoms with van der Waals surface area (Å²) in [4.78, 5) is 18.6. The molecule has 21 heavy (non-hydrogen) atoms. The standard InChI is InChI=1S/C16H22N2O2S/c1-12-10-15(21-14(12)6-4-9-19)16(20)18-8-5-7-17(3)11-13(18)2/h10,13,19H,5,7-9,11H2,1-3H3. The van der Waals surface area contributed by atoms with Crippen LogP contribution in [0.3, 0.4) is 0 Å². The van der Waals surface area contributed by atoms with Crippen LogP contribution in [0.4, 0.5) is 0 Å². The first-order chi connectivity index (χ1) is 10.0. The molecule has 1 aromatic rings. The zero-order chi connectivity index (χ0) is 15.4. The molecule has 0 radical (unpaired) electrons. The molecule has 1 saturated heterocycles. The molecule has 1 aliphatic rings. The molecule has 0 aromatic carbocycles. The molecule has 0 aliphatic carbocycles. The minimum absolute atomic E-state index is 0.1000. The predicted octanol–water partition coefficient (Wildman–Crippen LogP) is 1.57. The fraction of sp³-hybridized carbons (Fsp3) is 0.562. The third-order valence-electron chi connectivity index (χ3n) is 3.72. The van der Waals surface area contributed by atoms with E-state index in [0.29, 0.717) is 0 Å². The van der Waals surface area contributed by atoms with E-state index in [1.165, 1.54) is 11.3 Å². The number of thiophene rings is 1. The van der Waals surface area contributed by atoms with Gasteiger partial charge in [-0.3, -0.25) is 4.79 Å². The van der Waals surface area contributed by atoms with Gasteiger partial charge in [0.05, 0.1) is 9.75 Å². The molecule has 0 bridgehead atoms. The summed E-state index contributed by atoms with van der Waals surface area (Å²) < 4.78 is 0. The molecule has 2 rings (SSSR count). The summed E-state index contributed by atoms with van der Waals surface area (Å²) in [5, 5.41) is 8.78. The van der Waals surface area contributed by atoms with Crippen LogP contribution in [0.15, 0.2) is 6.07 Å². The summed E-state index contributed by atoms with van der Waals surface area (Å²) in [6.45, 7) is 6.65. The number of aliphatic hydroxyl groups excluding tert-OH is 1. The second-order valence-electron chi connectivity index (χ2n) is 5.55. The largest absolute Gasteiger partial charge is 0.384 e. The van der Waals surface area contributed by atoms with Gasteiger partial charge in [0.2, 0.25) is 0 Å². The van der Waals surface area contributed by atoms with Crippen LogP contribution in [0.5, 0.6) is 0 Å². The summed E-state index contributed by atoms with van der Waals surface area (Å²) in [7, 11) is 2.10. The first kappa shape index (κ1) is 16.0. The van der Waals surface area contributed by atoms with E-state index in [4.69, 9.17) is 5.11 Å². The number of nitrogens with zero attached hydrogens (tertiary/aromatic N) is 2. The number of aliphatic hydroxyl groups is 1.